The van der Waals surface area contributed by atoms with Crippen LogP contribution >= 0.6 is 0 Å². The number of nitrogens with one attached hydrogen (secondary N) is 1. The number of carbonyl (C=O) groups excluding carboxylic acids is 1. The first-order valence-corrected chi connectivity index (χ1v) is 11.9. The van der Waals surface area contributed by atoms with Crippen molar-refractivity contribution in [3.8, 4) is 5.75 Å². The molecule has 1 amide bonds. The lowest BCUT2D eigenvalue weighted by Gasteiger charge is -2.24. The summed E-state index contributed by atoms with van der Waals surface area (Å²) >= 11 is 0. The Kier molecular flexibility index (Phi) is 7.76. The lowest BCUT2D eigenvalue weighted by Crippen LogP contribution is -2.38. The monoisotopic (exact) mass is 437 g/mol. The van der Waals surface area contributed by atoms with E-state index in [1.165, 1.54) is 23.1 Å². The van der Waals surface area contributed by atoms with E-state index in [0.29, 0.717) is 24.2 Å². The van der Waals surface area contributed by atoms with Crippen LogP contribution in [0.1, 0.15) is 59.8 Å². The molecule has 2 aliphatic rings. The van der Waals surface area contributed by atoms with Crippen LogP contribution in [0, 0.1) is 0 Å². The third kappa shape index (κ3) is 5.67. The number of aromatic nitrogens is 1. The average Bonchev–Trinajstić information content (AvgIpc) is 3.48. The Morgan fingerprint density at radius 3 is 2.88 bits per heavy atom. The summed E-state index contributed by atoms with van der Waals surface area (Å²) in [7, 11) is 1.89. The van der Waals surface area contributed by atoms with Crippen LogP contribution < -0.4 is 10.1 Å². The number of unbranched alkanes of at least 4 members (excludes halogenated alkanes) is 1. The van der Waals surface area contributed by atoms with Gasteiger partial charge in [-0.2, -0.15) is 0 Å². The molecule has 1 aromatic heterocycles. The number of likely N-dealkylation sites (N-methyl/N-ethyl adjacent to an activating group) is 1. The first-order valence-electron chi connectivity index (χ1n) is 11.9. The van der Waals surface area contributed by atoms with Crippen molar-refractivity contribution in [2.75, 3.05) is 26.8 Å². The van der Waals surface area contributed by atoms with Crippen LogP contribution in [-0.2, 0) is 24.1 Å². The van der Waals surface area contributed by atoms with E-state index < -0.39 is 0 Å². The van der Waals surface area contributed by atoms with Gasteiger partial charge in [-0.25, -0.2) is 4.98 Å². The summed E-state index contributed by atoms with van der Waals surface area (Å²) < 4.78 is 11.3. The van der Waals surface area contributed by atoms with Crippen LogP contribution in [-0.4, -0.2) is 54.7 Å². The Labute approximate surface area is 191 Å². The summed E-state index contributed by atoms with van der Waals surface area (Å²) in [6, 6.07) is 10.5. The summed E-state index contributed by atoms with van der Waals surface area (Å²) in [5, 5.41) is 3.52. The van der Waals surface area contributed by atoms with Crippen molar-refractivity contribution in [1.82, 2.24) is 15.2 Å². The zero-order valence-corrected chi connectivity index (χ0v) is 19.3. The molecule has 1 saturated heterocycles. The number of hydrogen-bond acceptors (Lipinski definition) is 5. The number of pyridine rings is 1. The van der Waals surface area contributed by atoms with Gasteiger partial charge >= 0.3 is 0 Å². The molecule has 0 saturated carbocycles. The second kappa shape index (κ2) is 10.9. The molecule has 1 aromatic carbocycles. The van der Waals surface area contributed by atoms with Gasteiger partial charge in [0.1, 0.15) is 11.4 Å². The lowest BCUT2D eigenvalue weighted by atomic mass is 10.1. The topological polar surface area (TPSA) is 63.7 Å². The molecule has 0 bridgehead atoms. The molecule has 2 atom stereocenters. The number of rotatable bonds is 10. The fourth-order valence-electron chi connectivity index (χ4n) is 4.49. The van der Waals surface area contributed by atoms with Crippen molar-refractivity contribution in [3.63, 3.8) is 0 Å². The highest BCUT2D eigenvalue weighted by atomic mass is 16.5. The van der Waals surface area contributed by atoms with Gasteiger partial charge in [0.05, 0.1) is 18.9 Å². The van der Waals surface area contributed by atoms with Gasteiger partial charge in [-0.1, -0.05) is 31.5 Å². The Balaban J connectivity index is 1.30. The Morgan fingerprint density at radius 1 is 1.25 bits per heavy atom. The second-order valence-corrected chi connectivity index (χ2v) is 8.93. The number of nitrogens with zero attached hydrogens (tertiary/aromatic N) is 2. The minimum Gasteiger partial charge on any atom is -0.492 e. The molecule has 6 heteroatoms. The van der Waals surface area contributed by atoms with E-state index in [1.807, 2.05) is 18.0 Å². The van der Waals surface area contributed by atoms with E-state index in [9.17, 15) is 4.79 Å². The van der Waals surface area contributed by atoms with Crippen molar-refractivity contribution in [3.05, 3.63) is 58.9 Å². The molecule has 0 spiro atoms. The fourth-order valence-corrected chi connectivity index (χ4v) is 4.49. The van der Waals surface area contributed by atoms with Crippen molar-refractivity contribution < 1.29 is 14.3 Å². The standard InChI is InChI=1S/C26H35N3O3/c1-3-4-11-31-24-9-10-25(28-18-24)26(30)29(2)22-14-20-8-7-19(13-21(20)15-22)16-27-17-23-6-5-12-32-23/h7-10,13,18,22-23,27H,3-6,11-12,14-17H2,1-2H3. The molecule has 2 aromatic rings. The van der Waals surface area contributed by atoms with Gasteiger partial charge in [0.2, 0.25) is 0 Å². The predicted molar refractivity (Wildman–Crippen MR) is 125 cm³/mol. The molecule has 2 heterocycles. The first-order chi connectivity index (χ1) is 15.6. The molecule has 32 heavy (non-hydrogen) atoms. The van der Waals surface area contributed by atoms with Crippen LogP contribution in [0.25, 0.3) is 0 Å². The molecule has 4 rings (SSSR count). The van der Waals surface area contributed by atoms with Gasteiger partial charge in [0.25, 0.3) is 5.91 Å². The number of fused-ring (bicyclic) bond motifs is 1. The van der Waals surface area contributed by atoms with Crippen molar-refractivity contribution >= 4 is 5.91 Å². The van der Waals surface area contributed by atoms with E-state index in [-0.39, 0.29) is 11.9 Å². The van der Waals surface area contributed by atoms with E-state index in [2.05, 4.69) is 35.4 Å². The highest BCUT2D eigenvalue weighted by Gasteiger charge is 2.28. The van der Waals surface area contributed by atoms with E-state index >= 15 is 0 Å². The number of hydrogen-bond donors (Lipinski definition) is 1. The summed E-state index contributed by atoms with van der Waals surface area (Å²) in [5.41, 5.74) is 4.44. The third-order valence-electron chi connectivity index (χ3n) is 6.50. The van der Waals surface area contributed by atoms with Crippen LogP contribution in [0.15, 0.2) is 36.5 Å². The van der Waals surface area contributed by atoms with E-state index in [4.69, 9.17) is 9.47 Å². The first kappa shape index (κ1) is 22.7. The van der Waals surface area contributed by atoms with Gasteiger partial charge in [-0.3, -0.25) is 4.79 Å². The summed E-state index contributed by atoms with van der Waals surface area (Å²) in [5.74, 6) is 0.674. The lowest BCUT2D eigenvalue weighted by molar-refractivity contribution is 0.0731. The molecule has 1 N–H and O–H groups in total. The average molecular weight is 438 g/mol. The normalized spacial score (nSPS) is 19.7. The number of benzene rings is 1. The van der Waals surface area contributed by atoms with E-state index in [0.717, 1.165) is 51.8 Å². The maximum Gasteiger partial charge on any atom is 0.272 e. The maximum absolute atomic E-state index is 13.0. The van der Waals surface area contributed by atoms with Crippen LogP contribution in [0.4, 0.5) is 0 Å². The molecule has 2 unspecified atom stereocenters. The number of ether oxygens (including phenoxy) is 2. The second-order valence-electron chi connectivity index (χ2n) is 8.93. The van der Waals surface area contributed by atoms with Gasteiger partial charge in [-0.15, -0.1) is 0 Å². The zero-order valence-electron chi connectivity index (χ0n) is 19.3. The molecule has 172 valence electrons. The Hall–Kier alpha value is -2.44. The SMILES string of the molecule is CCCCOc1ccc(C(=O)N(C)C2Cc3ccc(CNCC4CCCO4)cc3C2)nc1. The van der Waals surface area contributed by atoms with Crippen LogP contribution in [0.3, 0.4) is 0 Å². The minimum atomic E-state index is -0.0404. The highest BCUT2D eigenvalue weighted by molar-refractivity contribution is 5.92. The smallest absolute Gasteiger partial charge is 0.272 e. The zero-order chi connectivity index (χ0) is 22.3. The third-order valence-corrected chi connectivity index (χ3v) is 6.50. The minimum absolute atomic E-state index is 0.0404. The number of carbonyl (C=O) groups is 1. The van der Waals surface area contributed by atoms with Crippen molar-refractivity contribution in [1.29, 1.82) is 0 Å². The van der Waals surface area contributed by atoms with Crippen LogP contribution in [0.2, 0.25) is 0 Å². The molecule has 6 nitrogen and oxygen atoms in total. The van der Waals surface area contributed by atoms with Crippen LogP contribution in [0.5, 0.6) is 5.75 Å². The largest absolute Gasteiger partial charge is 0.492 e. The van der Waals surface area contributed by atoms with Gasteiger partial charge in [0, 0.05) is 32.8 Å². The Morgan fingerprint density at radius 2 is 2.12 bits per heavy atom. The summed E-state index contributed by atoms with van der Waals surface area (Å²) in [6.07, 6.45) is 8.21. The molecular formula is C26H35N3O3. The molecule has 0 radical (unpaired) electrons. The molecule has 1 aliphatic carbocycles. The number of amides is 1. The molecule has 1 aliphatic heterocycles. The van der Waals surface area contributed by atoms with Gasteiger partial charge in [-0.05, 0) is 60.9 Å². The predicted octanol–water partition coefficient (Wildman–Crippen LogP) is 3.77. The summed E-state index contributed by atoms with van der Waals surface area (Å²) in [6.45, 7) is 5.46. The maximum atomic E-state index is 13.0. The van der Waals surface area contributed by atoms with Gasteiger partial charge < -0.3 is 19.7 Å². The molecule has 1 fully saturated rings. The van der Waals surface area contributed by atoms with E-state index in [1.54, 1.807) is 12.3 Å². The quantitative estimate of drug-likeness (QED) is 0.574. The molecular weight excluding hydrogens is 402 g/mol. The van der Waals surface area contributed by atoms with Crippen molar-refractivity contribution in [2.45, 2.75) is 64.1 Å². The summed E-state index contributed by atoms with van der Waals surface area (Å²) in [4.78, 5) is 19.2. The Bertz CT molecular complexity index is 894. The van der Waals surface area contributed by atoms with Crippen molar-refractivity contribution in [2.24, 2.45) is 0 Å². The van der Waals surface area contributed by atoms with Gasteiger partial charge in [0.15, 0.2) is 0 Å². The highest BCUT2D eigenvalue weighted by Crippen LogP contribution is 2.27. The fraction of sp³-hybridized carbons (Fsp3) is 0.538.